The molecular formula is C17H28N2. The van der Waals surface area contributed by atoms with Crippen LogP contribution < -0.4 is 5.73 Å². The lowest BCUT2D eigenvalue weighted by atomic mass is 9.90. The van der Waals surface area contributed by atoms with E-state index in [9.17, 15) is 0 Å². The van der Waals surface area contributed by atoms with Gasteiger partial charge >= 0.3 is 0 Å². The van der Waals surface area contributed by atoms with Gasteiger partial charge in [0.25, 0.3) is 0 Å². The van der Waals surface area contributed by atoms with Gasteiger partial charge in [-0.1, -0.05) is 36.8 Å². The molecule has 19 heavy (non-hydrogen) atoms. The van der Waals surface area contributed by atoms with E-state index in [4.69, 9.17) is 5.73 Å². The molecule has 0 aliphatic carbocycles. The van der Waals surface area contributed by atoms with Gasteiger partial charge in [0.1, 0.15) is 0 Å². The van der Waals surface area contributed by atoms with E-state index in [0.717, 1.165) is 5.92 Å². The van der Waals surface area contributed by atoms with Crippen molar-refractivity contribution in [1.82, 2.24) is 4.90 Å². The third kappa shape index (κ3) is 3.37. The zero-order valence-electron chi connectivity index (χ0n) is 12.8. The number of aryl methyl sites for hydroxylation is 1. The highest BCUT2D eigenvalue weighted by Gasteiger charge is 2.30. The van der Waals surface area contributed by atoms with Crippen molar-refractivity contribution in [1.29, 1.82) is 0 Å². The second kappa shape index (κ2) is 6.06. The Hall–Kier alpha value is -0.860. The van der Waals surface area contributed by atoms with Crippen LogP contribution in [-0.2, 0) is 0 Å². The van der Waals surface area contributed by atoms with Gasteiger partial charge in [0, 0.05) is 24.7 Å². The van der Waals surface area contributed by atoms with Gasteiger partial charge in [-0.25, -0.2) is 0 Å². The number of hydrogen-bond acceptors (Lipinski definition) is 2. The predicted octanol–water partition coefficient (Wildman–Crippen LogP) is 3.50. The van der Waals surface area contributed by atoms with Gasteiger partial charge in [0.2, 0.25) is 0 Å². The number of nitrogens with two attached hydrogens (primary N) is 1. The van der Waals surface area contributed by atoms with Crippen molar-refractivity contribution in [2.75, 3.05) is 6.54 Å². The number of rotatable bonds is 3. The zero-order chi connectivity index (χ0) is 14.0. The van der Waals surface area contributed by atoms with Gasteiger partial charge in [0.05, 0.1) is 0 Å². The van der Waals surface area contributed by atoms with Crippen molar-refractivity contribution in [2.24, 2.45) is 11.7 Å². The minimum Gasteiger partial charge on any atom is -0.323 e. The van der Waals surface area contributed by atoms with Gasteiger partial charge in [0.15, 0.2) is 0 Å². The van der Waals surface area contributed by atoms with Crippen molar-refractivity contribution in [3.8, 4) is 0 Å². The summed E-state index contributed by atoms with van der Waals surface area (Å²) in [5.74, 6) is 0.795. The molecule has 0 aromatic heterocycles. The highest BCUT2D eigenvalue weighted by Crippen LogP contribution is 2.28. The summed E-state index contributed by atoms with van der Waals surface area (Å²) >= 11 is 0. The summed E-state index contributed by atoms with van der Waals surface area (Å²) in [4.78, 5) is 2.60. The van der Waals surface area contributed by atoms with E-state index in [2.05, 4.69) is 56.9 Å². The van der Waals surface area contributed by atoms with Crippen LogP contribution in [0.3, 0.4) is 0 Å². The first-order valence-electron chi connectivity index (χ1n) is 7.57. The van der Waals surface area contributed by atoms with Gasteiger partial charge in [-0.3, -0.25) is 4.90 Å². The molecule has 2 heteroatoms. The molecule has 2 rings (SSSR count). The predicted molar refractivity (Wildman–Crippen MR) is 82.1 cm³/mol. The fourth-order valence-corrected chi connectivity index (χ4v) is 3.16. The molecule has 0 saturated carbocycles. The second-order valence-electron chi connectivity index (χ2n) is 6.41. The Balaban J connectivity index is 2.09. The topological polar surface area (TPSA) is 29.3 Å². The molecule has 0 radical (unpaired) electrons. The van der Waals surface area contributed by atoms with Crippen LogP contribution >= 0.6 is 0 Å². The van der Waals surface area contributed by atoms with Gasteiger partial charge in [-0.2, -0.15) is 0 Å². The molecule has 1 aromatic rings. The number of benzene rings is 1. The van der Waals surface area contributed by atoms with E-state index in [1.807, 2.05) is 0 Å². The molecule has 1 aliphatic heterocycles. The largest absolute Gasteiger partial charge is 0.323 e. The summed E-state index contributed by atoms with van der Waals surface area (Å²) in [6.07, 6.45) is 2.65. The Morgan fingerprint density at radius 2 is 1.79 bits per heavy atom. The van der Waals surface area contributed by atoms with Crippen LogP contribution in [0.4, 0.5) is 0 Å². The Morgan fingerprint density at radius 1 is 1.16 bits per heavy atom. The van der Waals surface area contributed by atoms with Crippen molar-refractivity contribution in [3.05, 3.63) is 35.4 Å². The standard InChI is InChI=1S/C17H28N2/c1-12-6-9-16(10-7-12)17(18)15(4)19-11-13(2)5-8-14(19)3/h6-7,9-10,13-15,17H,5,8,11,18H2,1-4H3. The third-order valence-electron chi connectivity index (χ3n) is 4.67. The molecule has 0 spiro atoms. The molecule has 1 heterocycles. The maximum atomic E-state index is 6.49. The molecule has 106 valence electrons. The van der Waals surface area contributed by atoms with E-state index < -0.39 is 0 Å². The second-order valence-corrected chi connectivity index (χ2v) is 6.41. The average Bonchev–Trinajstić information content (AvgIpc) is 2.41. The number of hydrogen-bond donors (Lipinski definition) is 1. The summed E-state index contributed by atoms with van der Waals surface area (Å²) in [5.41, 5.74) is 9.03. The Labute approximate surface area is 118 Å². The van der Waals surface area contributed by atoms with Gasteiger partial charge < -0.3 is 5.73 Å². The summed E-state index contributed by atoms with van der Waals surface area (Å²) in [7, 11) is 0. The van der Waals surface area contributed by atoms with E-state index in [-0.39, 0.29) is 6.04 Å². The van der Waals surface area contributed by atoms with E-state index in [0.29, 0.717) is 12.1 Å². The first-order chi connectivity index (χ1) is 8.99. The average molecular weight is 260 g/mol. The molecule has 1 fully saturated rings. The maximum absolute atomic E-state index is 6.49. The minimum atomic E-state index is 0.105. The fraction of sp³-hybridized carbons (Fsp3) is 0.647. The Kier molecular flexibility index (Phi) is 4.64. The highest BCUT2D eigenvalue weighted by atomic mass is 15.2. The molecule has 1 saturated heterocycles. The molecule has 2 N–H and O–H groups in total. The van der Waals surface area contributed by atoms with Gasteiger partial charge in [-0.15, -0.1) is 0 Å². The smallest absolute Gasteiger partial charge is 0.0450 e. The SMILES string of the molecule is Cc1ccc(C(N)C(C)N2CC(C)CCC2C)cc1. The quantitative estimate of drug-likeness (QED) is 0.901. The minimum absolute atomic E-state index is 0.105. The molecule has 4 unspecified atom stereocenters. The number of likely N-dealkylation sites (tertiary alicyclic amines) is 1. The molecule has 1 aliphatic rings. The molecule has 0 amide bonds. The van der Waals surface area contributed by atoms with Crippen molar-refractivity contribution in [3.63, 3.8) is 0 Å². The Bertz CT molecular complexity index is 398. The normalized spacial score (nSPS) is 28.1. The zero-order valence-corrected chi connectivity index (χ0v) is 12.8. The molecule has 1 aromatic carbocycles. The van der Waals surface area contributed by atoms with Crippen LogP contribution in [0.2, 0.25) is 0 Å². The highest BCUT2D eigenvalue weighted by molar-refractivity contribution is 5.25. The lowest BCUT2D eigenvalue weighted by Gasteiger charge is -2.43. The van der Waals surface area contributed by atoms with Crippen molar-refractivity contribution in [2.45, 2.75) is 58.7 Å². The number of piperidine rings is 1. The van der Waals surface area contributed by atoms with Crippen LogP contribution in [-0.4, -0.2) is 23.5 Å². The summed E-state index contributed by atoms with van der Waals surface area (Å²) in [6, 6.07) is 9.83. The van der Waals surface area contributed by atoms with Crippen LogP contribution in [0.25, 0.3) is 0 Å². The maximum Gasteiger partial charge on any atom is 0.0450 e. The van der Waals surface area contributed by atoms with Crippen LogP contribution in [0, 0.1) is 12.8 Å². The van der Waals surface area contributed by atoms with E-state index in [1.165, 1.54) is 30.5 Å². The fourth-order valence-electron chi connectivity index (χ4n) is 3.16. The summed E-state index contributed by atoms with van der Waals surface area (Å²) < 4.78 is 0. The van der Waals surface area contributed by atoms with Crippen molar-refractivity contribution < 1.29 is 0 Å². The van der Waals surface area contributed by atoms with Crippen LogP contribution in [0.15, 0.2) is 24.3 Å². The summed E-state index contributed by atoms with van der Waals surface area (Å²) in [6.45, 7) is 10.3. The van der Waals surface area contributed by atoms with Crippen LogP contribution in [0.1, 0.15) is 50.8 Å². The van der Waals surface area contributed by atoms with Crippen LogP contribution in [0.5, 0.6) is 0 Å². The lowest BCUT2D eigenvalue weighted by Crippen LogP contribution is -2.50. The monoisotopic (exact) mass is 260 g/mol. The molecule has 4 atom stereocenters. The lowest BCUT2D eigenvalue weighted by molar-refractivity contribution is 0.0723. The first-order valence-corrected chi connectivity index (χ1v) is 7.57. The first kappa shape index (κ1) is 14.5. The van der Waals surface area contributed by atoms with Gasteiger partial charge in [-0.05, 0) is 45.1 Å². The number of nitrogens with zero attached hydrogens (tertiary/aromatic N) is 1. The molecule has 0 bridgehead atoms. The molecular weight excluding hydrogens is 232 g/mol. The Morgan fingerprint density at radius 3 is 2.42 bits per heavy atom. The summed E-state index contributed by atoms with van der Waals surface area (Å²) in [5, 5.41) is 0. The van der Waals surface area contributed by atoms with E-state index >= 15 is 0 Å². The van der Waals surface area contributed by atoms with Crippen molar-refractivity contribution >= 4 is 0 Å². The molecule has 2 nitrogen and oxygen atoms in total. The van der Waals surface area contributed by atoms with E-state index in [1.54, 1.807) is 0 Å². The third-order valence-corrected chi connectivity index (χ3v) is 4.67.